The van der Waals surface area contributed by atoms with Gasteiger partial charge in [-0.05, 0) is 13.0 Å². The van der Waals surface area contributed by atoms with Crippen LogP contribution >= 0.6 is 0 Å². The van der Waals surface area contributed by atoms with Crippen molar-refractivity contribution in [1.29, 1.82) is 0 Å². The fourth-order valence-corrected chi connectivity index (χ4v) is 1.04. The fraction of sp³-hybridized carbons (Fsp3) is 0.444. The van der Waals surface area contributed by atoms with Crippen molar-refractivity contribution in [3.05, 3.63) is 23.6 Å². The van der Waals surface area contributed by atoms with Gasteiger partial charge in [-0.2, -0.15) is 13.2 Å². The monoisotopic (exact) mass is 238 g/mol. The van der Waals surface area contributed by atoms with E-state index in [2.05, 4.69) is 9.72 Å². The summed E-state index contributed by atoms with van der Waals surface area (Å²) in [5.41, 5.74) is 5.56. The normalized spacial score (nSPS) is 13.6. The molecule has 0 radical (unpaired) electrons. The smallest absolute Gasteiger partial charge is 0.422 e. The summed E-state index contributed by atoms with van der Waals surface area (Å²) in [5.74, 6) is -0.972. The summed E-state index contributed by atoms with van der Waals surface area (Å²) in [5, 5.41) is 0. The molecule has 1 unspecified atom stereocenters. The molecular formula is C9H10F4N2O. The van der Waals surface area contributed by atoms with Gasteiger partial charge in [0.2, 0.25) is 5.88 Å². The summed E-state index contributed by atoms with van der Waals surface area (Å²) in [6.45, 7) is 0.0161. The average molecular weight is 238 g/mol. The maximum atomic E-state index is 12.8. The lowest BCUT2D eigenvalue weighted by Crippen LogP contribution is -2.21. The van der Waals surface area contributed by atoms with Gasteiger partial charge in [-0.25, -0.2) is 9.37 Å². The van der Waals surface area contributed by atoms with Crippen molar-refractivity contribution in [2.24, 2.45) is 5.73 Å². The zero-order chi connectivity index (χ0) is 12.3. The van der Waals surface area contributed by atoms with Crippen molar-refractivity contribution in [3.63, 3.8) is 0 Å². The van der Waals surface area contributed by atoms with E-state index in [9.17, 15) is 17.6 Å². The number of pyridine rings is 1. The Balaban J connectivity index is 2.87. The number of halogens is 4. The van der Waals surface area contributed by atoms with E-state index in [0.29, 0.717) is 0 Å². The summed E-state index contributed by atoms with van der Waals surface area (Å²) < 4.78 is 52.9. The van der Waals surface area contributed by atoms with Crippen molar-refractivity contribution in [1.82, 2.24) is 4.98 Å². The minimum atomic E-state index is -4.47. The number of nitrogens with zero attached hydrogens (tertiary/aromatic N) is 1. The van der Waals surface area contributed by atoms with Crippen LogP contribution in [0.3, 0.4) is 0 Å². The molecular weight excluding hydrogens is 228 g/mol. The van der Waals surface area contributed by atoms with Gasteiger partial charge in [0.25, 0.3) is 0 Å². The fourth-order valence-electron chi connectivity index (χ4n) is 1.04. The summed E-state index contributed by atoms with van der Waals surface area (Å²) in [7, 11) is 0. The maximum Gasteiger partial charge on any atom is 0.422 e. The van der Waals surface area contributed by atoms with Gasteiger partial charge < -0.3 is 10.5 Å². The van der Waals surface area contributed by atoms with E-state index in [1.165, 1.54) is 6.92 Å². The first-order chi connectivity index (χ1) is 7.29. The molecule has 0 fully saturated rings. The Hall–Kier alpha value is -1.37. The zero-order valence-electron chi connectivity index (χ0n) is 8.38. The third-order valence-electron chi connectivity index (χ3n) is 1.71. The molecule has 16 heavy (non-hydrogen) atoms. The van der Waals surface area contributed by atoms with Crippen LogP contribution in [0.1, 0.15) is 18.5 Å². The maximum absolute atomic E-state index is 12.8. The number of alkyl halides is 3. The Morgan fingerprint density at radius 3 is 2.62 bits per heavy atom. The number of rotatable bonds is 3. The minimum absolute atomic E-state index is 0.101. The molecule has 1 atom stereocenters. The van der Waals surface area contributed by atoms with Crippen LogP contribution in [0.15, 0.2) is 12.3 Å². The van der Waals surface area contributed by atoms with Gasteiger partial charge in [0, 0.05) is 11.6 Å². The molecule has 1 aromatic heterocycles. The zero-order valence-corrected chi connectivity index (χ0v) is 8.38. The molecule has 1 rings (SSSR count). The SMILES string of the molecule is CC(N)c1cc(F)cnc1OCC(F)(F)F. The molecule has 0 aromatic carbocycles. The van der Waals surface area contributed by atoms with Crippen LogP contribution in [0.4, 0.5) is 17.6 Å². The Morgan fingerprint density at radius 1 is 1.50 bits per heavy atom. The van der Waals surface area contributed by atoms with E-state index >= 15 is 0 Å². The van der Waals surface area contributed by atoms with Crippen LogP contribution in [-0.2, 0) is 0 Å². The Morgan fingerprint density at radius 2 is 2.12 bits per heavy atom. The first-order valence-corrected chi connectivity index (χ1v) is 4.40. The highest BCUT2D eigenvalue weighted by molar-refractivity contribution is 5.28. The van der Waals surface area contributed by atoms with Gasteiger partial charge in [0.1, 0.15) is 5.82 Å². The van der Waals surface area contributed by atoms with Crippen molar-refractivity contribution in [3.8, 4) is 5.88 Å². The first-order valence-electron chi connectivity index (χ1n) is 4.40. The standard InChI is InChI=1S/C9H10F4N2O/c1-5(14)7-2-6(10)3-15-8(7)16-4-9(11,12)13/h2-3,5H,4,14H2,1H3. The van der Waals surface area contributed by atoms with Crippen LogP contribution in [0, 0.1) is 5.82 Å². The molecule has 1 aromatic rings. The van der Waals surface area contributed by atoms with Gasteiger partial charge >= 0.3 is 6.18 Å². The van der Waals surface area contributed by atoms with Crippen LogP contribution in [0.25, 0.3) is 0 Å². The highest BCUT2D eigenvalue weighted by atomic mass is 19.4. The third-order valence-corrected chi connectivity index (χ3v) is 1.71. The molecule has 0 aliphatic rings. The Kier molecular flexibility index (Phi) is 3.69. The number of hydrogen-bond acceptors (Lipinski definition) is 3. The summed E-state index contributed by atoms with van der Waals surface area (Å²) in [6, 6.07) is 0.343. The molecule has 0 aliphatic carbocycles. The van der Waals surface area contributed by atoms with Gasteiger partial charge in [-0.15, -0.1) is 0 Å². The Labute approximate surface area is 89.2 Å². The number of aromatic nitrogens is 1. The van der Waals surface area contributed by atoms with Crippen LogP contribution in [0.2, 0.25) is 0 Å². The highest BCUT2D eigenvalue weighted by Crippen LogP contribution is 2.24. The van der Waals surface area contributed by atoms with E-state index in [0.717, 1.165) is 12.3 Å². The first kappa shape index (κ1) is 12.7. The molecule has 0 aliphatic heterocycles. The lowest BCUT2D eigenvalue weighted by Gasteiger charge is -2.13. The second kappa shape index (κ2) is 4.65. The molecule has 0 bridgehead atoms. The van der Waals surface area contributed by atoms with Crippen LogP contribution < -0.4 is 10.5 Å². The van der Waals surface area contributed by atoms with Crippen molar-refractivity contribution in [2.45, 2.75) is 19.1 Å². The molecule has 0 spiro atoms. The summed E-state index contributed by atoms with van der Waals surface area (Å²) >= 11 is 0. The molecule has 0 saturated carbocycles. The van der Waals surface area contributed by atoms with E-state index in [1.807, 2.05) is 0 Å². The molecule has 1 heterocycles. The molecule has 3 nitrogen and oxygen atoms in total. The lowest BCUT2D eigenvalue weighted by atomic mass is 10.1. The largest absolute Gasteiger partial charge is 0.468 e. The van der Waals surface area contributed by atoms with E-state index in [-0.39, 0.29) is 11.4 Å². The van der Waals surface area contributed by atoms with Crippen molar-refractivity contribution in [2.75, 3.05) is 6.61 Å². The second-order valence-corrected chi connectivity index (χ2v) is 3.24. The van der Waals surface area contributed by atoms with Gasteiger partial charge in [0.05, 0.1) is 6.20 Å². The number of hydrogen-bond donors (Lipinski definition) is 1. The van der Waals surface area contributed by atoms with E-state index < -0.39 is 24.6 Å². The molecule has 2 N–H and O–H groups in total. The quantitative estimate of drug-likeness (QED) is 0.821. The average Bonchev–Trinajstić information content (AvgIpc) is 2.14. The van der Waals surface area contributed by atoms with Gasteiger partial charge in [-0.3, -0.25) is 0 Å². The minimum Gasteiger partial charge on any atom is -0.468 e. The predicted octanol–water partition coefficient (Wildman–Crippen LogP) is 2.18. The molecule has 90 valence electrons. The van der Waals surface area contributed by atoms with Crippen LogP contribution in [0.5, 0.6) is 5.88 Å². The van der Waals surface area contributed by atoms with Crippen molar-refractivity contribution >= 4 is 0 Å². The summed E-state index contributed by atoms with van der Waals surface area (Å²) in [4.78, 5) is 3.43. The van der Waals surface area contributed by atoms with E-state index in [4.69, 9.17) is 5.73 Å². The summed E-state index contributed by atoms with van der Waals surface area (Å²) in [6.07, 6.45) is -3.69. The number of ether oxygens (including phenoxy) is 1. The molecule has 7 heteroatoms. The lowest BCUT2D eigenvalue weighted by molar-refractivity contribution is -0.154. The van der Waals surface area contributed by atoms with Crippen LogP contribution in [-0.4, -0.2) is 17.8 Å². The van der Waals surface area contributed by atoms with E-state index in [1.54, 1.807) is 0 Å². The number of nitrogens with two attached hydrogens (primary N) is 1. The van der Waals surface area contributed by atoms with Gasteiger partial charge in [0.15, 0.2) is 6.61 Å². The molecule has 0 saturated heterocycles. The molecule has 0 amide bonds. The topological polar surface area (TPSA) is 48.1 Å². The second-order valence-electron chi connectivity index (χ2n) is 3.24. The predicted molar refractivity (Wildman–Crippen MR) is 48.3 cm³/mol. The third kappa shape index (κ3) is 3.65. The van der Waals surface area contributed by atoms with Crippen molar-refractivity contribution < 1.29 is 22.3 Å². The highest BCUT2D eigenvalue weighted by Gasteiger charge is 2.29. The van der Waals surface area contributed by atoms with Gasteiger partial charge in [-0.1, -0.05) is 0 Å². The Bertz CT molecular complexity index is 365.